The number of fused-ring (bicyclic) bond motifs is 5. The van der Waals surface area contributed by atoms with E-state index in [2.05, 4.69) is 19.1 Å². The lowest BCUT2D eigenvalue weighted by atomic mass is 9.45. The molecule has 0 aromatic carbocycles. The van der Waals surface area contributed by atoms with Crippen molar-refractivity contribution in [2.24, 2.45) is 40.4 Å². The summed E-state index contributed by atoms with van der Waals surface area (Å²) >= 11 is 0. The van der Waals surface area contributed by atoms with Crippen LogP contribution in [-0.2, 0) is 23.9 Å². The summed E-state index contributed by atoms with van der Waals surface area (Å²) in [6, 6.07) is 2.47. The van der Waals surface area contributed by atoms with Crippen molar-refractivity contribution >= 4 is 17.9 Å². The standard InChI is InChI=1S/C27H37NO6/c1-16(15-33-17(2)29)22-6-7-23-21-5-4-19-14-20(34-18(3)30)8-11-27(19,25(31)32)24(21)9-10-26(22,23)12-13-28/h4,16,20-24H,5-12,14-15H2,1-3H3,(H,31,32)/t16-,20-,21-,22+,23-,24-,26-,27+/m0/s1. The van der Waals surface area contributed by atoms with E-state index in [4.69, 9.17) is 9.47 Å². The van der Waals surface area contributed by atoms with E-state index >= 15 is 0 Å². The van der Waals surface area contributed by atoms with Crippen LogP contribution in [0.15, 0.2) is 11.6 Å². The number of ether oxygens (including phenoxy) is 2. The molecule has 0 aliphatic heterocycles. The topological polar surface area (TPSA) is 114 Å². The molecule has 4 aliphatic rings. The number of carboxylic acids is 1. The summed E-state index contributed by atoms with van der Waals surface area (Å²) in [4.78, 5) is 35.7. The molecule has 0 saturated heterocycles. The average molecular weight is 472 g/mol. The Morgan fingerprint density at radius 1 is 1.15 bits per heavy atom. The highest BCUT2D eigenvalue weighted by molar-refractivity contribution is 5.80. The SMILES string of the molecule is CC(=O)OC[C@H](C)[C@H]1CC[C@H]2[C@@H]3CC=C4C[C@@H](OC(C)=O)CC[C@]4(C(=O)O)[C@H]3CC[C@]12CC#N. The predicted octanol–water partition coefficient (Wildman–Crippen LogP) is 4.65. The van der Waals surface area contributed by atoms with Gasteiger partial charge in [-0.25, -0.2) is 0 Å². The van der Waals surface area contributed by atoms with Crippen LogP contribution in [0.25, 0.3) is 0 Å². The van der Waals surface area contributed by atoms with Crippen LogP contribution >= 0.6 is 0 Å². The summed E-state index contributed by atoms with van der Waals surface area (Å²) in [5.74, 6) is -0.306. The van der Waals surface area contributed by atoms with Crippen LogP contribution in [0, 0.1) is 51.8 Å². The maximum absolute atomic E-state index is 12.9. The third kappa shape index (κ3) is 3.93. The van der Waals surface area contributed by atoms with Gasteiger partial charge in [-0.2, -0.15) is 5.26 Å². The number of aliphatic carboxylic acids is 1. The molecule has 0 unspecified atom stereocenters. The first-order chi connectivity index (χ1) is 16.2. The van der Waals surface area contributed by atoms with Gasteiger partial charge in [0.05, 0.1) is 18.1 Å². The highest BCUT2D eigenvalue weighted by Gasteiger charge is 2.64. The van der Waals surface area contributed by atoms with E-state index in [9.17, 15) is 24.8 Å². The van der Waals surface area contributed by atoms with E-state index in [-0.39, 0.29) is 41.2 Å². The summed E-state index contributed by atoms with van der Waals surface area (Å²) in [7, 11) is 0. The van der Waals surface area contributed by atoms with Crippen LogP contribution < -0.4 is 0 Å². The Hall–Kier alpha value is -2.36. The van der Waals surface area contributed by atoms with Gasteiger partial charge in [-0.15, -0.1) is 0 Å². The predicted molar refractivity (Wildman–Crippen MR) is 123 cm³/mol. The van der Waals surface area contributed by atoms with Crippen molar-refractivity contribution < 1.29 is 29.0 Å². The number of esters is 2. The fraction of sp³-hybridized carbons (Fsp3) is 0.778. The van der Waals surface area contributed by atoms with Crippen LogP contribution in [0.3, 0.4) is 0 Å². The number of hydrogen-bond donors (Lipinski definition) is 1. The molecule has 7 heteroatoms. The quantitative estimate of drug-likeness (QED) is 0.443. The van der Waals surface area contributed by atoms with Crippen molar-refractivity contribution in [1.29, 1.82) is 5.26 Å². The van der Waals surface area contributed by atoms with Crippen molar-refractivity contribution in [1.82, 2.24) is 0 Å². The molecule has 0 bridgehead atoms. The highest BCUT2D eigenvalue weighted by atomic mass is 16.5. The number of carboxylic acid groups (broad SMARTS) is 1. The molecule has 0 spiro atoms. The Bertz CT molecular complexity index is 921. The number of allylic oxidation sites excluding steroid dienone is 1. The molecule has 0 aromatic rings. The van der Waals surface area contributed by atoms with Crippen LogP contribution in [0.4, 0.5) is 0 Å². The van der Waals surface area contributed by atoms with Crippen LogP contribution in [0.2, 0.25) is 0 Å². The second-order valence-electron chi connectivity index (χ2n) is 11.2. The minimum Gasteiger partial charge on any atom is -0.481 e. The van der Waals surface area contributed by atoms with Crippen molar-refractivity contribution in [3.05, 3.63) is 11.6 Å². The molecule has 3 fully saturated rings. The third-order valence-electron chi connectivity index (χ3n) is 9.73. The summed E-state index contributed by atoms with van der Waals surface area (Å²) in [6.07, 6.45) is 8.38. The lowest BCUT2D eigenvalue weighted by molar-refractivity contribution is -0.162. The zero-order valence-electron chi connectivity index (χ0n) is 20.5. The molecule has 186 valence electrons. The molecule has 0 amide bonds. The normalized spacial score (nSPS) is 39.4. The summed E-state index contributed by atoms with van der Waals surface area (Å²) in [6.45, 7) is 5.32. The van der Waals surface area contributed by atoms with E-state index in [0.29, 0.717) is 44.1 Å². The number of carbonyl (C=O) groups excluding carboxylic acids is 2. The first kappa shape index (κ1) is 24.8. The fourth-order valence-electron chi connectivity index (χ4n) is 8.58. The molecule has 4 aliphatic carbocycles. The molecule has 4 rings (SSSR count). The molecule has 8 atom stereocenters. The van der Waals surface area contributed by atoms with Gasteiger partial charge in [-0.3, -0.25) is 14.4 Å². The molecule has 0 heterocycles. The van der Waals surface area contributed by atoms with Crippen molar-refractivity contribution in [3.63, 3.8) is 0 Å². The maximum Gasteiger partial charge on any atom is 0.314 e. The van der Waals surface area contributed by atoms with Gasteiger partial charge in [0.25, 0.3) is 0 Å². The Kier molecular flexibility index (Phi) is 6.81. The number of nitrogens with zero attached hydrogens (tertiary/aromatic N) is 1. The second-order valence-corrected chi connectivity index (χ2v) is 11.2. The summed E-state index contributed by atoms with van der Waals surface area (Å²) in [5.41, 5.74) is -0.0979. The van der Waals surface area contributed by atoms with E-state index in [1.807, 2.05) is 0 Å². The number of rotatable bonds is 6. The first-order valence-electron chi connectivity index (χ1n) is 12.8. The summed E-state index contributed by atoms with van der Waals surface area (Å²) in [5, 5.41) is 20.4. The number of carbonyl (C=O) groups is 3. The van der Waals surface area contributed by atoms with Crippen LogP contribution in [-0.4, -0.2) is 35.7 Å². The van der Waals surface area contributed by atoms with Gasteiger partial charge >= 0.3 is 17.9 Å². The van der Waals surface area contributed by atoms with Crippen molar-refractivity contribution in [3.8, 4) is 6.07 Å². The Morgan fingerprint density at radius 3 is 2.56 bits per heavy atom. The molecule has 0 aromatic heterocycles. The summed E-state index contributed by atoms with van der Waals surface area (Å²) < 4.78 is 10.8. The van der Waals surface area contributed by atoms with E-state index in [1.165, 1.54) is 13.8 Å². The third-order valence-corrected chi connectivity index (χ3v) is 9.73. The lowest BCUT2D eigenvalue weighted by Crippen LogP contribution is -2.55. The first-order valence-corrected chi connectivity index (χ1v) is 12.8. The van der Waals surface area contributed by atoms with Gasteiger partial charge in [-0.05, 0) is 80.0 Å². The number of nitriles is 1. The Morgan fingerprint density at radius 2 is 1.91 bits per heavy atom. The zero-order chi connectivity index (χ0) is 24.7. The van der Waals surface area contributed by atoms with Gasteiger partial charge in [0.15, 0.2) is 0 Å². The maximum atomic E-state index is 12.9. The van der Waals surface area contributed by atoms with Gasteiger partial charge in [0, 0.05) is 26.7 Å². The Balaban J connectivity index is 1.64. The highest BCUT2D eigenvalue weighted by Crippen LogP contribution is 2.68. The average Bonchev–Trinajstić information content (AvgIpc) is 3.16. The molecular formula is C27H37NO6. The van der Waals surface area contributed by atoms with E-state index in [0.717, 1.165) is 37.7 Å². The van der Waals surface area contributed by atoms with Gasteiger partial charge in [0.2, 0.25) is 0 Å². The molecular weight excluding hydrogens is 434 g/mol. The molecule has 7 nitrogen and oxygen atoms in total. The lowest BCUT2D eigenvalue weighted by Gasteiger charge is -2.58. The van der Waals surface area contributed by atoms with Crippen molar-refractivity contribution in [2.45, 2.75) is 84.7 Å². The minimum absolute atomic E-state index is 0.0441. The molecule has 34 heavy (non-hydrogen) atoms. The molecule has 3 saturated carbocycles. The molecule has 0 radical (unpaired) electrons. The van der Waals surface area contributed by atoms with Crippen LogP contribution in [0.1, 0.15) is 78.6 Å². The minimum atomic E-state index is -0.889. The van der Waals surface area contributed by atoms with Gasteiger partial charge in [0.1, 0.15) is 6.10 Å². The van der Waals surface area contributed by atoms with E-state index in [1.54, 1.807) is 0 Å². The zero-order valence-corrected chi connectivity index (χ0v) is 20.5. The Labute approximate surface area is 201 Å². The second kappa shape index (κ2) is 9.36. The van der Waals surface area contributed by atoms with Crippen molar-refractivity contribution in [2.75, 3.05) is 6.61 Å². The monoisotopic (exact) mass is 471 g/mol. The van der Waals surface area contributed by atoms with Gasteiger partial charge in [-0.1, -0.05) is 18.6 Å². The number of hydrogen-bond acceptors (Lipinski definition) is 6. The van der Waals surface area contributed by atoms with E-state index < -0.39 is 11.4 Å². The molecule has 1 N–H and O–H groups in total. The van der Waals surface area contributed by atoms with Crippen LogP contribution in [0.5, 0.6) is 0 Å². The van der Waals surface area contributed by atoms with Gasteiger partial charge < -0.3 is 14.6 Å². The fourth-order valence-corrected chi connectivity index (χ4v) is 8.58. The largest absolute Gasteiger partial charge is 0.481 e. The smallest absolute Gasteiger partial charge is 0.314 e.